The van der Waals surface area contributed by atoms with Crippen LogP contribution < -0.4 is 5.32 Å². The highest BCUT2D eigenvalue weighted by molar-refractivity contribution is 5.88. The summed E-state index contributed by atoms with van der Waals surface area (Å²) in [4.78, 5) is 15.1. The van der Waals surface area contributed by atoms with E-state index in [0.29, 0.717) is 11.5 Å². The average Bonchev–Trinajstić information content (AvgIpc) is 2.33. The molecule has 18 heavy (non-hydrogen) atoms. The van der Waals surface area contributed by atoms with E-state index in [-0.39, 0.29) is 5.56 Å². The Labute approximate surface area is 107 Å². The van der Waals surface area contributed by atoms with E-state index < -0.39 is 5.97 Å². The van der Waals surface area contributed by atoms with Gasteiger partial charge in [0.15, 0.2) is 0 Å². The van der Waals surface area contributed by atoms with Gasteiger partial charge in [0.1, 0.15) is 5.82 Å². The first-order valence-electron chi connectivity index (χ1n) is 6.08. The van der Waals surface area contributed by atoms with Crippen molar-refractivity contribution < 1.29 is 14.6 Å². The van der Waals surface area contributed by atoms with E-state index in [1.54, 1.807) is 26.2 Å². The number of rotatable bonds is 8. The SMILES string of the molecule is COCCCCCNc1cc(C(=O)O)cc(C)n1. The summed E-state index contributed by atoms with van der Waals surface area (Å²) in [5.74, 6) is -0.303. The van der Waals surface area contributed by atoms with E-state index in [1.807, 2.05) is 0 Å². The maximum absolute atomic E-state index is 10.9. The maximum Gasteiger partial charge on any atom is 0.335 e. The Bertz CT molecular complexity index is 394. The molecule has 1 aromatic heterocycles. The van der Waals surface area contributed by atoms with Crippen LogP contribution in [0.25, 0.3) is 0 Å². The summed E-state index contributed by atoms with van der Waals surface area (Å²) in [6.07, 6.45) is 3.14. The van der Waals surface area contributed by atoms with Crippen LogP contribution in [0.3, 0.4) is 0 Å². The molecule has 0 spiro atoms. The van der Waals surface area contributed by atoms with E-state index in [4.69, 9.17) is 9.84 Å². The quantitative estimate of drug-likeness (QED) is 0.695. The minimum atomic E-state index is -0.927. The molecule has 5 nitrogen and oxygen atoms in total. The molecule has 0 amide bonds. The van der Waals surface area contributed by atoms with Gasteiger partial charge in [0.2, 0.25) is 0 Å². The number of nitrogens with one attached hydrogen (secondary N) is 1. The van der Waals surface area contributed by atoms with Crippen molar-refractivity contribution in [2.75, 3.05) is 25.6 Å². The number of anilines is 1. The number of hydrogen-bond donors (Lipinski definition) is 2. The minimum absolute atomic E-state index is 0.268. The molecule has 0 aliphatic heterocycles. The Morgan fingerprint density at radius 3 is 2.83 bits per heavy atom. The standard InChI is InChI=1S/C13H20N2O3/c1-10-8-11(13(16)17)9-12(15-10)14-6-4-3-5-7-18-2/h8-9H,3-7H2,1-2H3,(H,14,15)(H,16,17). The molecule has 0 aliphatic rings. The van der Waals surface area contributed by atoms with Crippen molar-refractivity contribution >= 4 is 11.8 Å². The molecule has 1 aromatic rings. The lowest BCUT2D eigenvalue weighted by atomic mass is 10.2. The van der Waals surface area contributed by atoms with Crippen LogP contribution >= 0.6 is 0 Å². The van der Waals surface area contributed by atoms with Crippen molar-refractivity contribution in [1.29, 1.82) is 0 Å². The Kier molecular flexibility index (Phi) is 6.14. The largest absolute Gasteiger partial charge is 0.478 e. The van der Waals surface area contributed by atoms with Gasteiger partial charge >= 0.3 is 5.97 Å². The second-order valence-corrected chi connectivity index (χ2v) is 4.17. The summed E-state index contributed by atoms with van der Waals surface area (Å²) >= 11 is 0. The molecule has 0 saturated heterocycles. The average molecular weight is 252 g/mol. The van der Waals surface area contributed by atoms with Crippen LogP contribution in [-0.2, 0) is 4.74 Å². The first-order valence-corrected chi connectivity index (χ1v) is 6.08. The number of aryl methyl sites for hydroxylation is 1. The smallest absolute Gasteiger partial charge is 0.335 e. The van der Waals surface area contributed by atoms with Crippen LogP contribution in [0.15, 0.2) is 12.1 Å². The van der Waals surface area contributed by atoms with Crippen LogP contribution in [-0.4, -0.2) is 36.3 Å². The monoisotopic (exact) mass is 252 g/mol. The molecule has 0 unspecified atom stereocenters. The molecule has 1 rings (SSSR count). The molecule has 5 heteroatoms. The fourth-order valence-corrected chi connectivity index (χ4v) is 1.65. The highest BCUT2D eigenvalue weighted by Gasteiger charge is 2.05. The third kappa shape index (κ3) is 5.14. The molecular formula is C13H20N2O3. The van der Waals surface area contributed by atoms with Crippen molar-refractivity contribution in [1.82, 2.24) is 4.98 Å². The number of methoxy groups -OCH3 is 1. The molecule has 1 heterocycles. The summed E-state index contributed by atoms with van der Waals surface area (Å²) in [7, 11) is 1.70. The van der Waals surface area contributed by atoms with Gasteiger partial charge in [-0.25, -0.2) is 9.78 Å². The van der Waals surface area contributed by atoms with Crippen LogP contribution in [0.2, 0.25) is 0 Å². The Morgan fingerprint density at radius 1 is 1.39 bits per heavy atom. The number of carbonyl (C=O) groups is 1. The van der Waals surface area contributed by atoms with Gasteiger partial charge in [0.05, 0.1) is 5.56 Å². The Balaban J connectivity index is 2.40. The van der Waals surface area contributed by atoms with E-state index in [2.05, 4.69) is 10.3 Å². The number of pyridine rings is 1. The van der Waals surface area contributed by atoms with Gasteiger partial charge < -0.3 is 15.2 Å². The summed E-state index contributed by atoms with van der Waals surface area (Å²) in [6.45, 7) is 3.36. The Morgan fingerprint density at radius 2 is 2.17 bits per heavy atom. The van der Waals surface area contributed by atoms with E-state index in [1.165, 1.54) is 0 Å². The predicted molar refractivity (Wildman–Crippen MR) is 70.2 cm³/mol. The van der Waals surface area contributed by atoms with Crippen molar-refractivity contribution in [2.24, 2.45) is 0 Å². The number of carboxylic acid groups (broad SMARTS) is 1. The number of ether oxygens (including phenoxy) is 1. The van der Waals surface area contributed by atoms with Crippen LogP contribution in [0.5, 0.6) is 0 Å². The molecule has 0 saturated carbocycles. The van der Waals surface area contributed by atoms with Gasteiger partial charge in [-0.1, -0.05) is 0 Å². The highest BCUT2D eigenvalue weighted by atomic mass is 16.5. The maximum atomic E-state index is 10.9. The number of aromatic nitrogens is 1. The van der Waals surface area contributed by atoms with Crippen LogP contribution in [0.1, 0.15) is 35.3 Å². The fraction of sp³-hybridized carbons (Fsp3) is 0.538. The van der Waals surface area contributed by atoms with Crippen molar-refractivity contribution in [3.8, 4) is 0 Å². The second-order valence-electron chi connectivity index (χ2n) is 4.17. The van der Waals surface area contributed by atoms with Gasteiger partial charge in [-0.3, -0.25) is 0 Å². The third-order valence-electron chi connectivity index (χ3n) is 2.53. The number of hydrogen-bond acceptors (Lipinski definition) is 4. The van der Waals surface area contributed by atoms with Crippen LogP contribution in [0.4, 0.5) is 5.82 Å². The second kappa shape index (κ2) is 7.66. The summed E-state index contributed by atoms with van der Waals surface area (Å²) in [5, 5.41) is 12.1. The number of nitrogens with zero attached hydrogens (tertiary/aromatic N) is 1. The van der Waals surface area contributed by atoms with Crippen molar-refractivity contribution in [3.63, 3.8) is 0 Å². The summed E-state index contributed by atoms with van der Waals surface area (Å²) in [5.41, 5.74) is 0.973. The molecule has 0 bridgehead atoms. The number of aromatic carboxylic acids is 1. The van der Waals surface area contributed by atoms with Gasteiger partial charge in [-0.2, -0.15) is 0 Å². The van der Waals surface area contributed by atoms with Gasteiger partial charge in [0.25, 0.3) is 0 Å². The van der Waals surface area contributed by atoms with Gasteiger partial charge in [-0.05, 0) is 38.3 Å². The highest BCUT2D eigenvalue weighted by Crippen LogP contribution is 2.10. The molecule has 0 radical (unpaired) electrons. The molecule has 2 N–H and O–H groups in total. The van der Waals surface area contributed by atoms with E-state index in [0.717, 1.165) is 32.4 Å². The van der Waals surface area contributed by atoms with Crippen LogP contribution in [0, 0.1) is 6.92 Å². The summed E-state index contributed by atoms with van der Waals surface area (Å²) in [6, 6.07) is 3.12. The third-order valence-corrected chi connectivity index (χ3v) is 2.53. The zero-order valence-electron chi connectivity index (χ0n) is 10.9. The lowest BCUT2D eigenvalue weighted by Crippen LogP contribution is -2.07. The van der Waals surface area contributed by atoms with E-state index >= 15 is 0 Å². The summed E-state index contributed by atoms with van der Waals surface area (Å²) < 4.78 is 4.97. The van der Waals surface area contributed by atoms with Crippen molar-refractivity contribution in [2.45, 2.75) is 26.2 Å². The molecule has 100 valence electrons. The minimum Gasteiger partial charge on any atom is -0.478 e. The van der Waals surface area contributed by atoms with Gasteiger partial charge in [0, 0.05) is 26.0 Å². The zero-order chi connectivity index (χ0) is 13.4. The zero-order valence-corrected chi connectivity index (χ0v) is 10.9. The van der Waals surface area contributed by atoms with Gasteiger partial charge in [-0.15, -0.1) is 0 Å². The topological polar surface area (TPSA) is 71.5 Å². The van der Waals surface area contributed by atoms with Crippen molar-refractivity contribution in [3.05, 3.63) is 23.4 Å². The first kappa shape index (κ1) is 14.4. The molecular weight excluding hydrogens is 232 g/mol. The molecule has 0 aromatic carbocycles. The molecule has 0 fully saturated rings. The fourth-order valence-electron chi connectivity index (χ4n) is 1.65. The predicted octanol–water partition coefficient (Wildman–Crippen LogP) is 2.32. The normalized spacial score (nSPS) is 10.3. The molecule has 0 atom stereocenters. The Hall–Kier alpha value is -1.62. The molecule has 0 aliphatic carbocycles. The van der Waals surface area contributed by atoms with E-state index in [9.17, 15) is 4.79 Å². The number of unbranched alkanes of at least 4 members (excludes halogenated alkanes) is 2. The number of carboxylic acids is 1. The lowest BCUT2D eigenvalue weighted by molar-refractivity contribution is 0.0696. The lowest BCUT2D eigenvalue weighted by Gasteiger charge is -2.07. The first-order chi connectivity index (χ1) is 8.63.